The van der Waals surface area contributed by atoms with Crippen molar-refractivity contribution in [3.63, 3.8) is 0 Å². The summed E-state index contributed by atoms with van der Waals surface area (Å²) in [5, 5.41) is 6.23. The largest absolute Gasteiger partial charge is 0.497 e. The molecule has 0 spiro atoms. The van der Waals surface area contributed by atoms with Gasteiger partial charge in [0, 0.05) is 6.42 Å². The molecule has 0 saturated carbocycles. The summed E-state index contributed by atoms with van der Waals surface area (Å²) >= 11 is 1.02. The number of carbonyl (C=O) groups is 2. The SMILES string of the molecule is COc1ccc(C2CC(c3ccccc3)=NN2C(=O)COC(=O)c2c(C)nsc2N)cc1. The molecular formula is C23H22N4O4S. The van der Waals surface area contributed by atoms with Crippen LogP contribution in [0.5, 0.6) is 5.75 Å². The van der Waals surface area contributed by atoms with E-state index in [1.54, 1.807) is 14.0 Å². The molecule has 1 atom stereocenters. The zero-order chi connectivity index (χ0) is 22.7. The maximum absolute atomic E-state index is 13.0. The van der Waals surface area contributed by atoms with Crippen molar-refractivity contribution in [2.75, 3.05) is 19.5 Å². The average Bonchev–Trinajstić information content (AvgIpc) is 3.41. The van der Waals surface area contributed by atoms with Crippen LogP contribution in [-0.4, -0.2) is 40.7 Å². The highest BCUT2D eigenvalue weighted by Gasteiger charge is 2.34. The van der Waals surface area contributed by atoms with Gasteiger partial charge in [0.15, 0.2) is 6.61 Å². The minimum absolute atomic E-state index is 0.199. The van der Waals surface area contributed by atoms with Crippen molar-refractivity contribution in [3.8, 4) is 5.75 Å². The third kappa shape index (κ3) is 4.33. The number of hydrogen-bond acceptors (Lipinski definition) is 8. The summed E-state index contributed by atoms with van der Waals surface area (Å²) in [6.45, 7) is 1.22. The van der Waals surface area contributed by atoms with E-state index < -0.39 is 18.5 Å². The number of amides is 1. The monoisotopic (exact) mass is 450 g/mol. The fraction of sp³-hybridized carbons (Fsp3) is 0.217. The third-order valence-electron chi connectivity index (χ3n) is 5.19. The smallest absolute Gasteiger partial charge is 0.343 e. The molecule has 0 bridgehead atoms. The molecule has 2 aromatic carbocycles. The van der Waals surface area contributed by atoms with E-state index in [4.69, 9.17) is 15.2 Å². The zero-order valence-corrected chi connectivity index (χ0v) is 18.5. The van der Waals surface area contributed by atoms with E-state index in [-0.39, 0.29) is 16.6 Å². The Bertz CT molecular complexity index is 1140. The first-order chi connectivity index (χ1) is 15.5. The summed E-state index contributed by atoms with van der Waals surface area (Å²) in [4.78, 5) is 25.5. The molecule has 2 heterocycles. The van der Waals surface area contributed by atoms with E-state index in [1.165, 1.54) is 5.01 Å². The van der Waals surface area contributed by atoms with Crippen LogP contribution in [0.25, 0.3) is 0 Å². The molecule has 1 aliphatic heterocycles. The Morgan fingerprint density at radius 2 is 1.88 bits per heavy atom. The van der Waals surface area contributed by atoms with Crippen LogP contribution < -0.4 is 10.5 Å². The molecule has 1 aromatic heterocycles. The predicted octanol–water partition coefficient (Wildman–Crippen LogP) is 3.58. The molecule has 0 fully saturated rings. The number of nitrogens with two attached hydrogens (primary N) is 1. The van der Waals surface area contributed by atoms with E-state index in [0.717, 1.165) is 34.1 Å². The first-order valence-electron chi connectivity index (χ1n) is 9.95. The van der Waals surface area contributed by atoms with Gasteiger partial charge in [-0.1, -0.05) is 42.5 Å². The number of aromatic nitrogens is 1. The number of methoxy groups -OCH3 is 1. The molecule has 0 aliphatic carbocycles. The number of aryl methyl sites for hydroxylation is 1. The number of nitrogen functional groups attached to an aromatic ring is 1. The van der Waals surface area contributed by atoms with Gasteiger partial charge < -0.3 is 15.2 Å². The van der Waals surface area contributed by atoms with Crippen LogP contribution >= 0.6 is 11.5 Å². The van der Waals surface area contributed by atoms with Gasteiger partial charge in [0.1, 0.15) is 16.3 Å². The predicted molar refractivity (Wildman–Crippen MR) is 122 cm³/mol. The highest BCUT2D eigenvalue weighted by molar-refractivity contribution is 7.10. The maximum atomic E-state index is 13.0. The number of rotatable bonds is 6. The van der Waals surface area contributed by atoms with Crippen molar-refractivity contribution >= 4 is 34.1 Å². The van der Waals surface area contributed by atoms with Gasteiger partial charge >= 0.3 is 5.97 Å². The van der Waals surface area contributed by atoms with E-state index in [1.807, 2.05) is 54.6 Å². The summed E-state index contributed by atoms with van der Waals surface area (Å²) < 4.78 is 14.5. The summed E-state index contributed by atoms with van der Waals surface area (Å²) in [5.74, 6) is -0.376. The molecule has 3 aromatic rings. The second-order valence-corrected chi connectivity index (χ2v) is 8.03. The molecule has 1 unspecified atom stereocenters. The van der Waals surface area contributed by atoms with Crippen molar-refractivity contribution < 1.29 is 19.1 Å². The normalized spacial score (nSPS) is 15.4. The van der Waals surface area contributed by atoms with Crippen LogP contribution in [0.15, 0.2) is 59.7 Å². The Labute approximate surface area is 189 Å². The lowest BCUT2D eigenvalue weighted by atomic mass is 9.98. The Morgan fingerprint density at radius 3 is 2.50 bits per heavy atom. The second-order valence-electron chi connectivity index (χ2n) is 7.23. The fourth-order valence-electron chi connectivity index (χ4n) is 3.53. The fourth-order valence-corrected chi connectivity index (χ4v) is 4.18. The van der Waals surface area contributed by atoms with Crippen LogP contribution in [-0.2, 0) is 9.53 Å². The van der Waals surface area contributed by atoms with E-state index in [2.05, 4.69) is 9.47 Å². The zero-order valence-electron chi connectivity index (χ0n) is 17.6. The van der Waals surface area contributed by atoms with Crippen LogP contribution in [0.2, 0.25) is 0 Å². The van der Waals surface area contributed by atoms with Crippen LogP contribution in [0.3, 0.4) is 0 Å². The van der Waals surface area contributed by atoms with Gasteiger partial charge in [0.25, 0.3) is 5.91 Å². The average molecular weight is 451 g/mol. The topological polar surface area (TPSA) is 107 Å². The number of benzene rings is 2. The Morgan fingerprint density at radius 1 is 1.16 bits per heavy atom. The van der Waals surface area contributed by atoms with Gasteiger partial charge in [-0.05, 0) is 41.7 Å². The Hall–Kier alpha value is -3.72. The first-order valence-corrected chi connectivity index (χ1v) is 10.7. The summed E-state index contributed by atoms with van der Waals surface area (Å²) in [6.07, 6.45) is 0.538. The van der Waals surface area contributed by atoms with Gasteiger partial charge in [0.2, 0.25) is 0 Å². The minimum Gasteiger partial charge on any atom is -0.497 e. The third-order valence-corrected chi connectivity index (χ3v) is 5.96. The van der Waals surface area contributed by atoms with Crippen molar-refractivity contribution in [1.29, 1.82) is 0 Å². The molecule has 4 rings (SSSR count). The number of hydrogen-bond donors (Lipinski definition) is 1. The molecule has 32 heavy (non-hydrogen) atoms. The lowest BCUT2D eigenvalue weighted by Gasteiger charge is -2.22. The van der Waals surface area contributed by atoms with Crippen molar-refractivity contribution in [2.24, 2.45) is 5.10 Å². The number of carbonyl (C=O) groups excluding carboxylic acids is 2. The van der Waals surface area contributed by atoms with Crippen molar-refractivity contribution in [2.45, 2.75) is 19.4 Å². The lowest BCUT2D eigenvalue weighted by Crippen LogP contribution is -2.31. The number of nitrogens with zero attached hydrogens (tertiary/aromatic N) is 3. The minimum atomic E-state index is -0.672. The summed E-state index contributed by atoms with van der Waals surface area (Å²) in [6, 6.07) is 16.8. The maximum Gasteiger partial charge on any atom is 0.343 e. The highest BCUT2D eigenvalue weighted by atomic mass is 32.1. The molecule has 2 N–H and O–H groups in total. The number of esters is 1. The van der Waals surface area contributed by atoms with Crippen molar-refractivity contribution in [3.05, 3.63) is 77.0 Å². The van der Waals surface area contributed by atoms with Crippen LogP contribution in [0.1, 0.15) is 39.6 Å². The molecule has 164 valence electrons. The van der Waals surface area contributed by atoms with Crippen molar-refractivity contribution in [1.82, 2.24) is 9.38 Å². The van der Waals surface area contributed by atoms with Gasteiger partial charge in [-0.15, -0.1) is 0 Å². The molecule has 1 aliphatic rings. The Kier molecular flexibility index (Phi) is 6.18. The quantitative estimate of drug-likeness (QED) is 0.575. The molecular weight excluding hydrogens is 428 g/mol. The molecule has 9 heteroatoms. The molecule has 0 saturated heterocycles. The summed E-state index contributed by atoms with van der Waals surface area (Å²) in [7, 11) is 1.60. The first kappa shape index (κ1) is 21.5. The standard InChI is InChI=1S/C23H22N4O4S/c1-14-21(22(24)32-26-14)23(29)31-13-20(28)27-19(16-8-10-17(30-2)11-9-16)12-18(25-27)15-6-4-3-5-7-15/h3-11,19H,12-13,24H2,1-2H3. The van der Waals surface area contributed by atoms with E-state index >= 15 is 0 Å². The van der Waals surface area contributed by atoms with Gasteiger partial charge in [-0.25, -0.2) is 9.80 Å². The lowest BCUT2D eigenvalue weighted by molar-refractivity contribution is -0.136. The van der Waals surface area contributed by atoms with E-state index in [0.29, 0.717) is 12.1 Å². The molecule has 0 radical (unpaired) electrons. The number of anilines is 1. The van der Waals surface area contributed by atoms with Gasteiger partial charge in [-0.3, -0.25) is 4.79 Å². The molecule has 1 amide bonds. The second kappa shape index (κ2) is 9.19. The Balaban J connectivity index is 1.55. The molecule has 8 nitrogen and oxygen atoms in total. The highest BCUT2D eigenvalue weighted by Crippen LogP contribution is 2.33. The summed E-state index contributed by atoms with van der Waals surface area (Å²) in [5.41, 5.74) is 9.11. The van der Waals surface area contributed by atoms with Gasteiger partial charge in [-0.2, -0.15) is 9.47 Å². The van der Waals surface area contributed by atoms with Gasteiger partial charge in [0.05, 0.1) is 24.6 Å². The number of hydrazone groups is 1. The van der Waals surface area contributed by atoms with E-state index in [9.17, 15) is 9.59 Å². The number of ether oxygens (including phenoxy) is 2. The van der Waals surface area contributed by atoms with Crippen LogP contribution in [0, 0.1) is 6.92 Å². The van der Waals surface area contributed by atoms with Crippen LogP contribution in [0.4, 0.5) is 5.00 Å².